The Morgan fingerprint density at radius 1 is 1.14 bits per heavy atom. The number of benzene rings is 1. The highest BCUT2D eigenvalue weighted by Gasteiger charge is 2.05. The zero-order chi connectivity index (χ0) is 10.6. The molecule has 0 aliphatic rings. The summed E-state index contributed by atoms with van der Waals surface area (Å²) in [6.45, 7) is 7.65. The molecule has 1 aromatic rings. The molecule has 0 aliphatic carbocycles. The van der Waals surface area contributed by atoms with E-state index in [1.165, 1.54) is 5.56 Å². The molecule has 0 aromatic heterocycles. The van der Waals surface area contributed by atoms with Gasteiger partial charge in [0.25, 0.3) is 0 Å². The van der Waals surface area contributed by atoms with Gasteiger partial charge in [0.2, 0.25) is 0 Å². The maximum atomic E-state index is 3.50. The van der Waals surface area contributed by atoms with Crippen molar-refractivity contribution >= 4 is 15.9 Å². The Balaban J connectivity index is 2.42. The van der Waals surface area contributed by atoms with E-state index in [0.29, 0.717) is 12.0 Å². The van der Waals surface area contributed by atoms with Gasteiger partial charge in [-0.3, -0.25) is 0 Å². The van der Waals surface area contributed by atoms with Crippen LogP contribution < -0.4 is 5.32 Å². The number of rotatable bonds is 4. The smallest absolute Gasteiger partial charge is 0.0208 e. The third kappa shape index (κ3) is 3.81. The summed E-state index contributed by atoms with van der Waals surface area (Å²) in [6, 6.07) is 9.01. The number of halogens is 1. The van der Waals surface area contributed by atoms with Crippen LogP contribution in [0.3, 0.4) is 0 Å². The van der Waals surface area contributed by atoms with E-state index in [1.807, 2.05) is 0 Å². The zero-order valence-electron chi connectivity index (χ0n) is 9.05. The molecule has 14 heavy (non-hydrogen) atoms. The lowest BCUT2D eigenvalue weighted by Gasteiger charge is -2.17. The van der Waals surface area contributed by atoms with Crippen LogP contribution in [0.15, 0.2) is 28.7 Å². The summed E-state index contributed by atoms with van der Waals surface area (Å²) in [5, 5.41) is 3.50. The van der Waals surface area contributed by atoms with Gasteiger partial charge in [0.1, 0.15) is 0 Å². The highest BCUT2D eigenvalue weighted by atomic mass is 79.9. The topological polar surface area (TPSA) is 12.0 Å². The first-order valence-corrected chi connectivity index (χ1v) is 5.86. The van der Waals surface area contributed by atoms with Crippen LogP contribution in [-0.2, 0) is 6.54 Å². The predicted octanol–water partition coefficient (Wildman–Crippen LogP) is 3.58. The molecule has 1 aromatic carbocycles. The van der Waals surface area contributed by atoms with Crippen LogP contribution in [-0.4, -0.2) is 6.04 Å². The molecule has 0 heterocycles. The second-order valence-corrected chi connectivity index (χ2v) is 4.96. The molecule has 2 heteroatoms. The van der Waals surface area contributed by atoms with Gasteiger partial charge in [-0.2, -0.15) is 0 Å². The summed E-state index contributed by atoms with van der Waals surface area (Å²) in [4.78, 5) is 0. The largest absolute Gasteiger partial charge is 0.310 e. The Morgan fingerprint density at radius 3 is 2.21 bits per heavy atom. The van der Waals surface area contributed by atoms with E-state index < -0.39 is 0 Å². The normalized spacial score (nSPS) is 13.2. The van der Waals surface area contributed by atoms with Crippen molar-refractivity contribution in [2.24, 2.45) is 5.92 Å². The third-order valence-corrected chi connectivity index (χ3v) is 3.07. The first kappa shape index (κ1) is 11.7. The van der Waals surface area contributed by atoms with Gasteiger partial charge in [-0.25, -0.2) is 0 Å². The maximum Gasteiger partial charge on any atom is 0.0208 e. The molecule has 1 atom stereocenters. The van der Waals surface area contributed by atoms with Crippen molar-refractivity contribution in [3.63, 3.8) is 0 Å². The zero-order valence-corrected chi connectivity index (χ0v) is 10.6. The molecule has 0 bridgehead atoms. The summed E-state index contributed by atoms with van der Waals surface area (Å²) < 4.78 is 1.14. The summed E-state index contributed by atoms with van der Waals surface area (Å²) in [5.41, 5.74) is 1.33. The van der Waals surface area contributed by atoms with Gasteiger partial charge >= 0.3 is 0 Å². The van der Waals surface area contributed by atoms with Crippen LogP contribution in [0.25, 0.3) is 0 Å². The van der Waals surface area contributed by atoms with Crippen LogP contribution >= 0.6 is 15.9 Å². The number of hydrogen-bond donors (Lipinski definition) is 1. The SMILES string of the molecule is CC(C)C(C)NCc1ccc(Br)cc1. The molecule has 0 aliphatic heterocycles. The van der Waals surface area contributed by atoms with Crippen molar-refractivity contribution in [3.8, 4) is 0 Å². The van der Waals surface area contributed by atoms with E-state index in [0.717, 1.165) is 11.0 Å². The highest BCUT2D eigenvalue weighted by Crippen LogP contribution is 2.10. The minimum Gasteiger partial charge on any atom is -0.310 e. The summed E-state index contributed by atoms with van der Waals surface area (Å²) in [5.74, 6) is 0.686. The molecule has 0 saturated heterocycles. The Labute approximate surface area is 95.0 Å². The van der Waals surface area contributed by atoms with Crippen LogP contribution in [0, 0.1) is 5.92 Å². The van der Waals surface area contributed by atoms with Crippen molar-refractivity contribution < 1.29 is 0 Å². The molecule has 1 unspecified atom stereocenters. The Bertz CT molecular complexity index is 266. The first-order chi connectivity index (χ1) is 6.59. The molecule has 78 valence electrons. The van der Waals surface area contributed by atoms with E-state index in [2.05, 4.69) is 66.3 Å². The molecule has 1 N–H and O–H groups in total. The van der Waals surface area contributed by atoms with Crippen LogP contribution in [0.1, 0.15) is 26.3 Å². The molecule has 1 nitrogen and oxygen atoms in total. The summed E-state index contributed by atoms with van der Waals surface area (Å²) in [7, 11) is 0. The average molecular weight is 256 g/mol. The Kier molecular flexibility index (Phi) is 4.63. The molecule has 0 spiro atoms. The number of nitrogens with one attached hydrogen (secondary N) is 1. The molecular formula is C12H18BrN. The molecule has 1 rings (SSSR count). The molecule has 0 saturated carbocycles. The Morgan fingerprint density at radius 2 is 1.71 bits per heavy atom. The van der Waals surface area contributed by atoms with E-state index in [4.69, 9.17) is 0 Å². The second kappa shape index (κ2) is 5.52. The quantitative estimate of drug-likeness (QED) is 0.868. The predicted molar refractivity (Wildman–Crippen MR) is 65.3 cm³/mol. The fourth-order valence-electron chi connectivity index (χ4n) is 1.12. The standard InChI is InChI=1S/C12H18BrN/c1-9(2)10(3)14-8-11-4-6-12(13)7-5-11/h4-7,9-10,14H,8H2,1-3H3. The van der Waals surface area contributed by atoms with Gasteiger partial charge in [-0.1, -0.05) is 41.9 Å². The van der Waals surface area contributed by atoms with E-state index >= 15 is 0 Å². The van der Waals surface area contributed by atoms with Gasteiger partial charge in [0.15, 0.2) is 0 Å². The highest BCUT2D eigenvalue weighted by molar-refractivity contribution is 9.10. The lowest BCUT2D eigenvalue weighted by atomic mass is 10.1. The summed E-state index contributed by atoms with van der Waals surface area (Å²) >= 11 is 3.43. The van der Waals surface area contributed by atoms with E-state index in [1.54, 1.807) is 0 Å². The first-order valence-electron chi connectivity index (χ1n) is 5.07. The fraction of sp³-hybridized carbons (Fsp3) is 0.500. The second-order valence-electron chi connectivity index (χ2n) is 4.04. The van der Waals surface area contributed by atoms with Gasteiger partial charge in [0.05, 0.1) is 0 Å². The van der Waals surface area contributed by atoms with Crippen LogP contribution in [0.4, 0.5) is 0 Å². The van der Waals surface area contributed by atoms with E-state index in [-0.39, 0.29) is 0 Å². The van der Waals surface area contributed by atoms with Crippen molar-refractivity contribution in [2.75, 3.05) is 0 Å². The van der Waals surface area contributed by atoms with Crippen molar-refractivity contribution in [1.29, 1.82) is 0 Å². The van der Waals surface area contributed by atoms with Crippen molar-refractivity contribution in [1.82, 2.24) is 5.32 Å². The van der Waals surface area contributed by atoms with E-state index in [9.17, 15) is 0 Å². The molecule has 0 amide bonds. The van der Waals surface area contributed by atoms with Gasteiger partial charge in [0, 0.05) is 17.1 Å². The monoisotopic (exact) mass is 255 g/mol. The third-order valence-electron chi connectivity index (χ3n) is 2.54. The molecule has 0 radical (unpaired) electrons. The molecular weight excluding hydrogens is 238 g/mol. The van der Waals surface area contributed by atoms with Gasteiger partial charge in [-0.15, -0.1) is 0 Å². The molecule has 0 fully saturated rings. The Hall–Kier alpha value is -0.340. The van der Waals surface area contributed by atoms with Gasteiger partial charge in [-0.05, 0) is 30.5 Å². The minimum absolute atomic E-state index is 0.568. The average Bonchev–Trinajstić information content (AvgIpc) is 2.16. The van der Waals surface area contributed by atoms with Gasteiger partial charge < -0.3 is 5.32 Å². The van der Waals surface area contributed by atoms with Crippen molar-refractivity contribution in [3.05, 3.63) is 34.3 Å². The van der Waals surface area contributed by atoms with Crippen LogP contribution in [0.2, 0.25) is 0 Å². The lowest BCUT2D eigenvalue weighted by Crippen LogP contribution is -2.30. The lowest BCUT2D eigenvalue weighted by molar-refractivity contribution is 0.426. The van der Waals surface area contributed by atoms with Crippen molar-refractivity contribution in [2.45, 2.75) is 33.4 Å². The fourth-order valence-corrected chi connectivity index (χ4v) is 1.38. The maximum absolute atomic E-state index is 3.50. The number of hydrogen-bond acceptors (Lipinski definition) is 1. The minimum atomic E-state index is 0.568. The summed E-state index contributed by atoms with van der Waals surface area (Å²) in [6.07, 6.45) is 0. The van der Waals surface area contributed by atoms with Crippen LogP contribution in [0.5, 0.6) is 0 Å².